The Labute approximate surface area is 116 Å². The molecule has 2 aromatic heterocycles. The van der Waals surface area contributed by atoms with Gasteiger partial charge in [0.2, 0.25) is 0 Å². The maximum Gasteiger partial charge on any atom is 0.0709 e. The number of benzene rings is 2. The fraction of sp³-hybridized carbons (Fsp3) is 0. The topological polar surface area (TPSA) is 25.8 Å². The molecule has 1 radical (unpaired) electrons. The molecular formula is C18H11N2. The van der Waals surface area contributed by atoms with Gasteiger partial charge >= 0.3 is 0 Å². The molecule has 20 heavy (non-hydrogen) atoms. The van der Waals surface area contributed by atoms with Crippen molar-refractivity contribution in [3.05, 3.63) is 72.9 Å². The smallest absolute Gasteiger partial charge is 0.0709 e. The molecule has 0 aliphatic heterocycles. The normalized spacial score (nSPS) is 11.0. The number of nitrogens with zero attached hydrogens (tertiary/aromatic N) is 2. The van der Waals surface area contributed by atoms with Gasteiger partial charge in [-0.25, -0.2) is 4.98 Å². The van der Waals surface area contributed by atoms with Gasteiger partial charge in [-0.15, -0.1) is 0 Å². The molecule has 0 saturated carbocycles. The van der Waals surface area contributed by atoms with Crippen LogP contribution in [0.1, 0.15) is 0 Å². The van der Waals surface area contributed by atoms with E-state index in [9.17, 15) is 0 Å². The van der Waals surface area contributed by atoms with Crippen LogP contribution in [0.5, 0.6) is 0 Å². The summed E-state index contributed by atoms with van der Waals surface area (Å²) in [7, 11) is 0. The van der Waals surface area contributed by atoms with Gasteiger partial charge in [0.25, 0.3) is 0 Å². The van der Waals surface area contributed by atoms with Crippen molar-refractivity contribution in [1.82, 2.24) is 9.97 Å². The van der Waals surface area contributed by atoms with Gasteiger partial charge in [0, 0.05) is 22.5 Å². The van der Waals surface area contributed by atoms with Crippen molar-refractivity contribution in [1.29, 1.82) is 0 Å². The Bertz CT molecular complexity index is 836. The van der Waals surface area contributed by atoms with E-state index in [-0.39, 0.29) is 0 Å². The van der Waals surface area contributed by atoms with Crippen molar-refractivity contribution < 1.29 is 0 Å². The lowest BCUT2D eigenvalue weighted by Gasteiger charge is -2.04. The van der Waals surface area contributed by atoms with Crippen molar-refractivity contribution in [2.75, 3.05) is 0 Å². The van der Waals surface area contributed by atoms with Gasteiger partial charge in [0.15, 0.2) is 0 Å². The third kappa shape index (κ3) is 1.82. The van der Waals surface area contributed by atoms with Crippen LogP contribution in [0.3, 0.4) is 0 Å². The number of hydrogen-bond donors (Lipinski definition) is 0. The maximum absolute atomic E-state index is 4.71. The van der Waals surface area contributed by atoms with E-state index in [1.807, 2.05) is 42.6 Å². The summed E-state index contributed by atoms with van der Waals surface area (Å²) in [6.07, 6.45) is 1.81. The van der Waals surface area contributed by atoms with Crippen LogP contribution >= 0.6 is 0 Å². The zero-order valence-electron chi connectivity index (χ0n) is 10.7. The van der Waals surface area contributed by atoms with E-state index in [0.29, 0.717) is 0 Å². The fourth-order valence-electron chi connectivity index (χ4n) is 2.40. The zero-order valence-corrected chi connectivity index (χ0v) is 10.7. The Hall–Kier alpha value is -2.74. The van der Waals surface area contributed by atoms with Crippen LogP contribution in [0.4, 0.5) is 0 Å². The minimum absolute atomic E-state index is 0.981. The van der Waals surface area contributed by atoms with Gasteiger partial charge in [-0.05, 0) is 42.5 Å². The fourth-order valence-corrected chi connectivity index (χ4v) is 2.40. The van der Waals surface area contributed by atoms with Crippen molar-refractivity contribution in [3.63, 3.8) is 0 Å². The van der Waals surface area contributed by atoms with E-state index in [0.717, 1.165) is 33.1 Å². The number of pyridine rings is 2. The highest BCUT2D eigenvalue weighted by Gasteiger charge is 2.03. The third-order valence-corrected chi connectivity index (χ3v) is 3.43. The molecule has 4 rings (SSSR count). The molecule has 0 saturated heterocycles. The Balaban J connectivity index is 1.91. The van der Waals surface area contributed by atoms with E-state index in [1.165, 1.54) is 0 Å². The van der Waals surface area contributed by atoms with Crippen LogP contribution < -0.4 is 0 Å². The Morgan fingerprint density at radius 2 is 1.85 bits per heavy atom. The first-order chi connectivity index (χ1) is 9.90. The summed E-state index contributed by atoms with van der Waals surface area (Å²) in [6.45, 7) is 0. The molecule has 2 heteroatoms. The highest BCUT2D eigenvalue weighted by atomic mass is 14.7. The first-order valence-electron chi connectivity index (χ1n) is 6.52. The van der Waals surface area contributed by atoms with Gasteiger partial charge in [-0.2, -0.15) is 0 Å². The first-order valence-corrected chi connectivity index (χ1v) is 6.52. The monoisotopic (exact) mass is 255 g/mol. The summed E-state index contributed by atoms with van der Waals surface area (Å²) in [5.74, 6) is 0. The van der Waals surface area contributed by atoms with Gasteiger partial charge in [-0.1, -0.05) is 24.3 Å². The van der Waals surface area contributed by atoms with E-state index in [1.54, 1.807) is 0 Å². The number of hydrogen-bond acceptors (Lipinski definition) is 2. The predicted molar refractivity (Wildman–Crippen MR) is 81.3 cm³/mol. The van der Waals surface area contributed by atoms with Crippen LogP contribution in [0.2, 0.25) is 0 Å². The summed E-state index contributed by atoms with van der Waals surface area (Å²) >= 11 is 0. The van der Waals surface area contributed by atoms with Crippen molar-refractivity contribution in [3.8, 4) is 11.3 Å². The minimum Gasteiger partial charge on any atom is -0.256 e. The van der Waals surface area contributed by atoms with Gasteiger partial charge in [0.05, 0.1) is 16.7 Å². The number of aromatic nitrogens is 2. The largest absolute Gasteiger partial charge is 0.256 e. The molecule has 0 amide bonds. The standard InChI is InChI=1S/C18H11N2/c1-2-6-17-13(4-1)7-10-18(20-17)15-8-9-16-14(12-15)5-3-11-19-16/h2-12H. The van der Waals surface area contributed by atoms with Crippen LogP contribution in [0.15, 0.2) is 66.9 Å². The Morgan fingerprint density at radius 1 is 0.850 bits per heavy atom. The van der Waals surface area contributed by atoms with Crippen molar-refractivity contribution in [2.45, 2.75) is 0 Å². The van der Waals surface area contributed by atoms with Crippen LogP contribution in [0.25, 0.3) is 33.1 Å². The molecule has 0 unspecified atom stereocenters. The maximum atomic E-state index is 4.71. The summed E-state index contributed by atoms with van der Waals surface area (Å²) in [6, 6.07) is 23.3. The minimum atomic E-state index is 0.981. The summed E-state index contributed by atoms with van der Waals surface area (Å²) in [5, 5.41) is 2.24. The average molecular weight is 255 g/mol. The molecule has 2 aromatic carbocycles. The van der Waals surface area contributed by atoms with Gasteiger partial charge in [0.1, 0.15) is 0 Å². The van der Waals surface area contributed by atoms with E-state index >= 15 is 0 Å². The van der Waals surface area contributed by atoms with Crippen LogP contribution in [-0.2, 0) is 0 Å². The van der Waals surface area contributed by atoms with Crippen LogP contribution in [0, 0.1) is 6.07 Å². The molecule has 0 spiro atoms. The van der Waals surface area contributed by atoms with Crippen molar-refractivity contribution in [2.24, 2.45) is 0 Å². The molecule has 0 N–H and O–H groups in total. The highest BCUT2D eigenvalue weighted by Crippen LogP contribution is 2.24. The lowest BCUT2D eigenvalue weighted by Crippen LogP contribution is -1.86. The van der Waals surface area contributed by atoms with E-state index in [2.05, 4.69) is 35.3 Å². The number of rotatable bonds is 1. The van der Waals surface area contributed by atoms with Gasteiger partial charge < -0.3 is 0 Å². The summed E-state index contributed by atoms with van der Waals surface area (Å²) < 4.78 is 0. The molecule has 0 aliphatic rings. The predicted octanol–water partition coefficient (Wildman–Crippen LogP) is 4.25. The summed E-state index contributed by atoms with van der Waals surface area (Å²) in [5.41, 5.74) is 4.09. The summed E-state index contributed by atoms with van der Waals surface area (Å²) in [4.78, 5) is 9.05. The quantitative estimate of drug-likeness (QED) is 0.508. The van der Waals surface area contributed by atoms with Crippen molar-refractivity contribution >= 4 is 21.8 Å². The second-order valence-electron chi connectivity index (χ2n) is 4.73. The van der Waals surface area contributed by atoms with Gasteiger partial charge in [-0.3, -0.25) is 4.98 Å². The lowest BCUT2D eigenvalue weighted by atomic mass is 10.1. The van der Waals surface area contributed by atoms with E-state index < -0.39 is 0 Å². The third-order valence-electron chi connectivity index (χ3n) is 3.43. The van der Waals surface area contributed by atoms with Crippen LogP contribution in [-0.4, -0.2) is 9.97 Å². The zero-order chi connectivity index (χ0) is 13.4. The molecular weight excluding hydrogens is 244 g/mol. The SMILES string of the molecule is [c]1ccc2nc(-c3ccc4ncccc4c3)ccc2c1. The molecule has 2 heterocycles. The lowest BCUT2D eigenvalue weighted by molar-refractivity contribution is 1.39. The Morgan fingerprint density at radius 3 is 2.85 bits per heavy atom. The highest BCUT2D eigenvalue weighted by molar-refractivity contribution is 5.86. The average Bonchev–Trinajstić information content (AvgIpc) is 2.54. The molecule has 0 fully saturated rings. The molecule has 4 aromatic rings. The number of fused-ring (bicyclic) bond motifs is 2. The first kappa shape index (κ1) is 11.1. The van der Waals surface area contributed by atoms with E-state index in [4.69, 9.17) is 4.98 Å². The second-order valence-corrected chi connectivity index (χ2v) is 4.73. The Kier molecular flexibility index (Phi) is 2.46. The second kappa shape index (κ2) is 4.42. The molecule has 2 nitrogen and oxygen atoms in total. The molecule has 0 atom stereocenters. The molecule has 93 valence electrons. The molecule has 0 aliphatic carbocycles. The molecule has 0 bridgehead atoms.